The van der Waals surface area contributed by atoms with Crippen molar-refractivity contribution in [1.82, 2.24) is 0 Å². The molecule has 0 N–H and O–H groups in total. The van der Waals surface area contributed by atoms with E-state index in [-0.39, 0.29) is 10.6 Å². The fraction of sp³-hybridized carbons (Fsp3) is 0.273. The molecule has 0 saturated heterocycles. The zero-order chi connectivity index (χ0) is 10.7. The van der Waals surface area contributed by atoms with Crippen molar-refractivity contribution in [2.75, 3.05) is 0 Å². The van der Waals surface area contributed by atoms with Gasteiger partial charge < -0.3 is 0 Å². The number of nitro groups is 1. The van der Waals surface area contributed by atoms with Crippen LogP contribution in [0.15, 0.2) is 29.8 Å². The van der Waals surface area contributed by atoms with Gasteiger partial charge in [0.2, 0.25) is 0 Å². The number of allylic oxidation sites excluding steroid dienone is 2. The minimum absolute atomic E-state index is 0.172. The summed E-state index contributed by atoms with van der Waals surface area (Å²) in [6.07, 6.45) is 0. The Morgan fingerprint density at radius 2 is 1.79 bits per heavy atom. The van der Waals surface area contributed by atoms with Gasteiger partial charge in [0.25, 0.3) is 5.69 Å². The lowest BCUT2D eigenvalue weighted by atomic mass is 10.0. The van der Waals surface area contributed by atoms with Crippen LogP contribution in [0.1, 0.15) is 26.3 Å². The molecule has 1 aromatic rings. The van der Waals surface area contributed by atoms with E-state index in [2.05, 4.69) is 0 Å². The van der Waals surface area contributed by atoms with E-state index in [0.29, 0.717) is 5.56 Å². The number of hydrogen-bond acceptors (Lipinski definition) is 2. The number of nitro benzene ring substituents is 1. The second-order valence-corrected chi connectivity index (χ2v) is 3.40. The van der Waals surface area contributed by atoms with Gasteiger partial charge >= 0.3 is 0 Å². The van der Waals surface area contributed by atoms with E-state index >= 15 is 0 Å². The zero-order valence-corrected chi connectivity index (χ0v) is 8.57. The summed E-state index contributed by atoms with van der Waals surface area (Å²) in [4.78, 5) is 10.4. The average molecular weight is 191 g/mol. The third kappa shape index (κ3) is 1.99. The molecule has 0 aliphatic heterocycles. The lowest BCUT2D eigenvalue weighted by Gasteiger charge is -2.04. The highest BCUT2D eigenvalue weighted by Crippen LogP contribution is 2.27. The standard InChI is InChI=1S/C11H13NO2/c1-8(2)9(3)10-6-4-5-7-11(10)12(13)14/h4-7H,1-3H3. The van der Waals surface area contributed by atoms with Gasteiger partial charge in [0.05, 0.1) is 10.5 Å². The van der Waals surface area contributed by atoms with Crippen LogP contribution in [0.25, 0.3) is 5.57 Å². The SMILES string of the molecule is CC(C)=C(C)c1ccccc1[N+](=O)[O-]. The highest BCUT2D eigenvalue weighted by atomic mass is 16.6. The van der Waals surface area contributed by atoms with Crippen LogP contribution in [0.4, 0.5) is 5.69 Å². The monoisotopic (exact) mass is 191 g/mol. The quantitative estimate of drug-likeness (QED) is 0.531. The van der Waals surface area contributed by atoms with E-state index < -0.39 is 0 Å². The van der Waals surface area contributed by atoms with Gasteiger partial charge in [-0.1, -0.05) is 17.7 Å². The fourth-order valence-electron chi connectivity index (χ4n) is 1.22. The van der Waals surface area contributed by atoms with E-state index in [4.69, 9.17) is 0 Å². The molecule has 0 spiro atoms. The first-order valence-electron chi connectivity index (χ1n) is 4.42. The van der Waals surface area contributed by atoms with Crippen molar-refractivity contribution in [3.63, 3.8) is 0 Å². The van der Waals surface area contributed by atoms with Crippen molar-refractivity contribution < 1.29 is 4.92 Å². The number of nitrogens with zero attached hydrogens (tertiary/aromatic N) is 1. The third-order valence-electron chi connectivity index (χ3n) is 2.25. The summed E-state index contributed by atoms with van der Waals surface area (Å²) < 4.78 is 0. The first kappa shape index (κ1) is 10.4. The molecule has 0 aromatic heterocycles. The largest absolute Gasteiger partial charge is 0.276 e. The summed E-state index contributed by atoms with van der Waals surface area (Å²) in [5, 5.41) is 10.7. The van der Waals surface area contributed by atoms with Crippen LogP contribution >= 0.6 is 0 Å². The molecular formula is C11H13NO2. The summed E-state index contributed by atoms with van der Waals surface area (Å²) in [5.41, 5.74) is 2.94. The molecule has 3 heteroatoms. The first-order chi connectivity index (χ1) is 6.54. The van der Waals surface area contributed by atoms with Crippen LogP contribution in [0.3, 0.4) is 0 Å². The van der Waals surface area contributed by atoms with Crippen molar-refractivity contribution in [3.8, 4) is 0 Å². The average Bonchev–Trinajstić information content (AvgIpc) is 2.16. The molecule has 0 fully saturated rings. The first-order valence-corrected chi connectivity index (χ1v) is 4.42. The number of hydrogen-bond donors (Lipinski definition) is 0. The van der Waals surface area contributed by atoms with Gasteiger partial charge in [0, 0.05) is 6.07 Å². The molecule has 0 radical (unpaired) electrons. The molecule has 74 valence electrons. The van der Waals surface area contributed by atoms with Crippen molar-refractivity contribution in [3.05, 3.63) is 45.5 Å². The molecule has 0 atom stereocenters. The maximum Gasteiger partial charge on any atom is 0.276 e. The van der Waals surface area contributed by atoms with Gasteiger partial charge in [0.1, 0.15) is 0 Å². The Labute approximate surface area is 83.2 Å². The predicted molar refractivity (Wildman–Crippen MR) is 57.0 cm³/mol. The zero-order valence-electron chi connectivity index (χ0n) is 8.57. The normalized spacial score (nSPS) is 9.64. The minimum atomic E-state index is -0.345. The molecule has 0 heterocycles. The minimum Gasteiger partial charge on any atom is -0.258 e. The number of benzene rings is 1. The van der Waals surface area contributed by atoms with Gasteiger partial charge in [-0.05, 0) is 32.4 Å². The summed E-state index contributed by atoms with van der Waals surface area (Å²) >= 11 is 0. The van der Waals surface area contributed by atoms with Crippen molar-refractivity contribution in [2.45, 2.75) is 20.8 Å². The van der Waals surface area contributed by atoms with E-state index in [1.807, 2.05) is 26.8 Å². The smallest absolute Gasteiger partial charge is 0.258 e. The summed E-state index contributed by atoms with van der Waals surface area (Å²) in [5.74, 6) is 0. The van der Waals surface area contributed by atoms with Crippen LogP contribution < -0.4 is 0 Å². The Morgan fingerprint density at radius 3 is 2.29 bits per heavy atom. The van der Waals surface area contributed by atoms with Crippen LogP contribution in [0.5, 0.6) is 0 Å². The van der Waals surface area contributed by atoms with Crippen LogP contribution in [0, 0.1) is 10.1 Å². The second-order valence-electron chi connectivity index (χ2n) is 3.40. The highest BCUT2D eigenvalue weighted by molar-refractivity contribution is 5.73. The van der Waals surface area contributed by atoms with Gasteiger partial charge in [-0.25, -0.2) is 0 Å². The van der Waals surface area contributed by atoms with E-state index in [9.17, 15) is 10.1 Å². The molecule has 1 aromatic carbocycles. The lowest BCUT2D eigenvalue weighted by Crippen LogP contribution is -1.93. The van der Waals surface area contributed by atoms with Crippen LogP contribution in [-0.4, -0.2) is 4.92 Å². The highest BCUT2D eigenvalue weighted by Gasteiger charge is 2.13. The van der Waals surface area contributed by atoms with Gasteiger partial charge in [-0.15, -0.1) is 0 Å². The van der Waals surface area contributed by atoms with Gasteiger partial charge in [-0.2, -0.15) is 0 Å². The molecule has 3 nitrogen and oxygen atoms in total. The van der Waals surface area contributed by atoms with Crippen molar-refractivity contribution in [1.29, 1.82) is 0 Å². The molecule has 0 bridgehead atoms. The third-order valence-corrected chi connectivity index (χ3v) is 2.25. The molecule has 1 rings (SSSR count). The second kappa shape index (κ2) is 4.05. The van der Waals surface area contributed by atoms with Crippen molar-refractivity contribution >= 4 is 11.3 Å². The lowest BCUT2D eigenvalue weighted by molar-refractivity contribution is -0.385. The summed E-state index contributed by atoms with van der Waals surface area (Å²) in [6, 6.07) is 6.80. The Morgan fingerprint density at radius 1 is 1.21 bits per heavy atom. The Kier molecular flexibility index (Phi) is 3.02. The molecule has 0 aliphatic carbocycles. The van der Waals surface area contributed by atoms with E-state index in [1.54, 1.807) is 12.1 Å². The Hall–Kier alpha value is -1.64. The van der Waals surface area contributed by atoms with Crippen molar-refractivity contribution in [2.24, 2.45) is 0 Å². The summed E-state index contributed by atoms with van der Waals surface area (Å²) in [6.45, 7) is 5.80. The van der Waals surface area contributed by atoms with Gasteiger partial charge in [-0.3, -0.25) is 10.1 Å². The number of rotatable bonds is 2. The van der Waals surface area contributed by atoms with Crippen LogP contribution in [0.2, 0.25) is 0 Å². The maximum absolute atomic E-state index is 10.7. The Balaban J connectivity index is 3.35. The molecule has 14 heavy (non-hydrogen) atoms. The van der Waals surface area contributed by atoms with Gasteiger partial charge in [0.15, 0.2) is 0 Å². The van der Waals surface area contributed by atoms with E-state index in [1.165, 1.54) is 6.07 Å². The predicted octanol–water partition coefficient (Wildman–Crippen LogP) is 3.41. The Bertz CT molecular complexity index is 390. The topological polar surface area (TPSA) is 43.1 Å². The molecular weight excluding hydrogens is 178 g/mol. The molecule has 0 amide bonds. The van der Waals surface area contributed by atoms with E-state index in [0.717, 1.165) is 11.1 Å². The molecule has 0 saturated carbocycles. The number of para-hydroxylation sites is 1. The molecule has 0 unspecified atom stereocenters. The maximum atomic E-state index is 10.7. The van der Waals surface area contributed by atoms with Crippen LogP contribution in [-0.2, 0) is 0 Å². The molecule has 0 aliphatic rings. The fourth-order valence-corrected chi connectivity index (χ4v) is 1.22. The summed E-state index contributed by atoms with van der Waals surface area (Å²) in [7, 11) is 0.